The Labute approximate surface area is 151 Å². The number of nitrogens with one attached hydrogen (secondary N) is 1. The number of carbonyl (C=O) groups excluding carboxylic acids is 1. The van der Waals surface area contributed by atoms with Crippen LogP contribution in [0.25, 0.3) is 11.3 Å². The van der Waals surface area contributed by atoms with Gasteiger partial charge in [0, 0.05) is 23.4 Å². The van der Waals surface area contributed by atoms with Crippen molar-refractivity contribution in [1.82, 2.24) is 10.3 Å². The Morgan fingerprint density at radius 3 is 2.31 bits per heavy atom. The molecular weight excluding hydrogens is 331 g/mol. The molecule has 1 radical (unpaired) electrons. The average molecular weight is 349 g/mol. The van der Waals surface area contributed by atoms with E-state index in [4.69, 9.17) is 4.74 Å². The van der Waals surface area contributed by atoms with Crippen molar-refractivity contribution < 1.29 is 13.9 Å². The second kappa shape index (κ2) is 7.78. The highest BCUT2D eigenvalue weighted by Crippen LogP contribution is 2.26. The fourth-order valence-corrected chi connectivity index (χ4v) is 2.50. The molecule has 1 heterocycles. The van der Waals surface area contributed by atoms with Crippen LogP contribution in [0.3, 0.4) is 0 Å². The lowest BCUT2D eigenvalue weighted by Crippen LogP contribution is -2.23. The number of aryl methyl sites for hydroxylation is 1. The van der Waals surface area contributed by atoms with E-state index in [0.29, 0.717) is 29.3 Å². The molecule has 1 amide bonds. The number of nitrogens with zero attached hydrogens (tertiary/aromatic N) is 1. The Kier molecular flexibility index (Phi) is 5.27. The number of hydrogen-bond acceptors (Lipinski definition) is 3. The van der Waals surface area contributed by atoms with Crippen LogP contribution in [-0.2, 0) is 0 Å². The molecule has 0 bridgehead atoms. The van der Waals surface area contributed by atoms with Crippen LogP contribution in [0.4, 0.5) is 4.39 Å². The molecule has 0 saturated carbocycles. The van der Waals surface area contributed by atoms with Crippen molar-refractivity contribution in [3.63, 3.8) is 0 Å². The van der Waals surface area contributed by atoms with Crippen LogP contribution in [0, 0.1) is 19.7 Å². The fraction of sp³-hybridized carbons (Fsp3) is 0.0952. The maximum atomic E-state index is 12.9. The molecule has 0 spiro atoms. The predicted octanol–water partition coefficient (Wildman–Crippen LogP) is 4.55. The minimum Gasteiger partial charge on any atom is -0.457 e. The first-order valence-electron chi connectivity index (χ1n) is 8.15. The molecule has 0 aliphatic rings. The van der Waals surface area contributed by atoms with E-state index in [-0.39, 0.29) is 11.7 Å². The predicted molar refractivity (Wildman–Crippen MR) is 98.6 cm³/mol. The topological polar surface area (TPSA) is 51.2 Å². The van der Waals surface area contributed by atoms with Gasteiger partial charge in [-0.3, -0.25) is 9.78 Å². The van der Waals surface area contributed by atoms with Crippen molar-refractivity contribution in [2.45, 2.75) is 6.92 Å². The number of benzene rings is 2. The van der Waals surface area contributed by atoms with E-state index in [2.05, 4.69) is 17.2 Å². The van der Waals surface area contributed by atoms with Gasteiger partial charge in [0.2, 0.25) is 0 Å². The number of aromatic nitrogens is 1. The third-order valence-corrected chi connectivity index (χ3v) is 3.70. The van der Waals surface area contributed by atoms with Gasteiger partial charge in [0.25, 0.3) is 5.91 Å². The molecule has 4 nitrogen and oxygen atoms in total. The van der Waals surface area contributed by atoms with Crippen LogP contribution in [0.2, 0.25) is 0 Å². The molecular formula is C21H18FN2O2. The quantitative estimate of drug-likeness (QED) is 0.735. The lowest BCUT2D eigenvalue weighted by molar-refractivity contribution is 0.0957. The minimum atomic E-state index is -0.308. The zero-order valence-electron chi connectivity index (χ0n) is 14.3. The molecule has 1 N–H and O–H groups in total. The third-order valence-electron chi connectivity index (χ3n) is 3.70. The smallest absolute Gasteiger partial charge is 0.251 e. The summed E-state index contributed by atoms with van der Waals surface area (Å²) >= 11 is 0. The summed E-state index contributed by atoms with van der Waals surface area (Å²) in [5.74, 6) is 0.697. The molecule has 0 unspecified atom stereocenters. The Bertz CT molecular complexity index is 906. The fourth-order valence-electron chi connectivity index (χ4n) is 2.50. The van der Waals surface area contributed by atoms with Gasteiger partial charge in [0.1, 0.15) is 17.3 Å². The maximum absolute atomic E-state index is 12.9. The number of pyridine rings is 1. The first kappa shape index (κ1) is 17.6. The summed E-state index contributed by atoms with van der Waals surface area (Å²) in [6.45, 7) is 5.79. The molecule has 0 aliphatic heterocycles. The zero-order valence-corrected chi connectivity index (χ0v) is 14.3. The van der Waals surface area contributed by atoms with Crippen molar-refractivity contribution in [3.05, 3.63) is 84.7 Å². The Morgan fingerprint density at radius 2 is 1.69 bits per heavy atom. The van der Waals surface area contributed by atoms with Crippen molar-refractivity contribution in [1.29, 1.82) is 0 Å². The molecule has 0 atom stereocenters. The molecule has 3 rings (SSSR count). The first-order chi connectivity index (χ1) is 12.5. The molecule has 5 heteroatoms. The van der Waals surface area contributed by atoms with E-state index in [1.165, 1.54) is 12.1 Å². The highest BCUT2D eigenvalue weighted by Gasteiger charge is 2.09. The zero-order chi connectivity index (χ0) is 18.5. The molecule has 0 saturated heterocycles. The summed E-state index contributed by atoms with van der Waals surface area (Å²) < 4.78 is 18.6. The highest BCUT2D eigenvalue weighted by molar-refractivity contribution is 5.95. The van der Waals surface area contributed by atoms with Crippen LogP contribution in [0.15, 0.2) is 60.7 Å². The Hall–Kier alpha value is -3.21. The lowest BCUT2D eigenvalue weighted by atomic mass is 10.1. The van der Waals surface area contributed by atoms with Gasteiger partial charge in [0.15, 0.2) is 0 Å². The number of rotatable bonds is 5. The van der Waals surface area contributed by atoms with Gasteiger partial charge in [-0.2, -0.15) is 0 Å². The summed E-state index contributed by atoms with van der Waals surface area (Å²) in [6, 6.07) is 16.6. The second-order valence-corrected chi connectivity index (χ2v) is 5.72. The van der Waals surface area contributed by atoms with E-state index >= 15 is 0 Å². The van der Waals surface area contributed by atoms with Crippen LogP contribution < -0.4 is 10.1 Å². The monoisotopic (exact) mass is 349 g/mol. The number of carbonyl (C=O) groups is 1. The van der Waals surface area contributed by atoms with Crippen molar-refractivity contribution >= 4 is 5.91 Å². The normalized spacial score (nSPS) is 10.4. The number of halogens is 1. The molecule has 0 aliphatic carbocycles. The lowest BCUT2D eigenvalue weighted by Gasteiger charge is -2.09. The Balaban J connectivity index is 1.82. The van der Waals surface area contributed by atoms with Crippen molar-refractivity contribution in [3.8, 4) is 22.8 Å². The van der Waals surface area contributed by atoms with E-state index in [1.807, 2.05) is 19.1 Å². The van der Waals surface area contributed by atoms with Crippen LogP contribution in [-0.4, -0.2) is 17.4 Å². The molecule has 2 aromatic carbocycles. The average Bonchev–Trinajstić information content (AvgIpc) is 2.64. The highest BCUT2D eigenvalue weighted by atomic mass is 19.1. The van der Waals surface area contributed by atoms with Gasteiger partial charge in [-0.25, -0.2) is 4.39 Å². The van der Waals surface area contributed by atoms with Gasteiger partial charge < -0.3 is 10.1 Å². The summed E-state index contributed by atoms with van der Waals surface area (Å²) in [7, 11) is 0. The van der Waals surface area contributed by atoms with Gasteiger partial charge in [0.05, 0.1) is 5.69 Å². The second-order valence-electron chi connectivity index (χ2n) is 5.72. The number of hydrogen-bond donors (Lipinski definition) is 1. The maximum Gasteiger partial charge on any atom is 0.251 e. The molecule has 0 fully saturated rings. The number of amides is 1. The summed E-state index contributed by atoms with van der Waals surface area (Å²) in [5, 5.41) is 2.68. The largest absolute Gasteiger partial charge is 0.457 e. The SMILES string of the molecule is [CH2]CNC(=O)c1cc(C)nc(-c2ccc(Oc3ccc(F)cc3)cc2)c1. The van der Waals surface area contributed by atoms with Crippen molar-refractivity contribution in [2.24, 2.45) is 0 Å². The van der Waals surface area contributed by atoms with Gasteiger partial charge in [-0.05, 0) is 74.5 Å². The standard InChI is InChI=1S/C21H18FN2O2/c1-3-23-21(25)16-12-14(2)24-20(13-16)15-4-8-18(9-5-15)26-19-10-6-17(22)7-11-19/h4-13H,1,3H2,2H3,(H,23,25). The van der Waals surface area contributed by atoms with Gasteiger partial charge in [-0.15, -0.1) is 0 Å². The van der Waals surface area contributed by atoms with Crippen LogP contribution in [0.5, 0.6) is 11.5 Å². The first-order valence-corrected chi connectivity index (χ1v) is 8.15. The van der Waals surface area contributed by atoms with Gasteiger partial charge >= 0.3 is 0 Å². The molecule has 131 valence electrons. The van der Waals surface area contributed by atoms with E-state index in [9.17, 15) is 9.18 Å². The third kappa shape index (κ3) is 4.25. The summed E-state index contributed by atoms with van der Waals surface area (Å²) in [5.41, 5.74) is 2.86. The minimum absolute atomic E-state index is 0.178. The van der Waals surface area contributed by atoms with E-state index in [1.54, 1.807) is 36.4 Å². The summed E-state index contributed by atoms with van der Waals surface area (Å²) in [6.07, 6.45) is 0. The van der Waals surface area contributed by atoms with E-state index in [0.717, 1.165) is 11.3 Å². The molecule has 3 aromatic rings. The Morgan fingerprint density at radius 1 is 1.08 bits per heavy atom. The molecule has 26 heavy (non-hydrogen) atoms. The van der Waals surface area contributed by atoms with E-state index < -0.39 is 0 Å². The van der Waals surface area contributed by atoms with Crippen LogP contribution >= 0.6 is 0 Å². The summed E-state index contributed by atoms with van der Waals surface area (Å²) in [4.78, 5) is 16.5. The number of ether oxygens (including phenoxy) is 1. The van der Waals surface area contributed by atoms with Crippen LogP contribution in [0.1, 0.15) is 16.1 Å². The van der Waals surface area contributed by atoms with Crippen molar-refractivity contribution in [2.75, 3.05) is 6.54 Å². The van der Waals surface area contributed by atoms with Gasteiger partial charge in [-0.1, -0.05) is 0 Å². The molecule has 1 aromatic heterocycles.